The normalized spacial score (nSPS) is 11.2. The van der Waals surface area contributed by atoms with Crippen molar-refractivity contribution in [2.24, 2.45) is 5.14 Å². The van der Waals surface area contributed by atoms with Crippen LogP contribution in [0.4, 0.5) is 5.69 Å². The van der Waals surface area contributed by atoms with Gasteiger partial charge in [0.1, 0.15) is 5.56 Å². The predicted molar refractivity (Wildman–Crippen MR) is 114 cm³/mol. The molecule has 9 nitrogen and oxygen atoms in total. The molecule has 0 saturated carbocycles. The lowest BCUT2D eigenvalue weighted by Crippen LogP contribution is -2.21. The van der Waals surface area contributed by atoms with Crippen molar-refractivity contribution in [3.05, 3.63) is 77.1 Å². The Balaban J connectivity index is 1.61. The first-order valence-electron chi connectivity index (χ1n) is 9.33. The summed E-state index contributed by atoms with van der Waals surface area (Å²) < 4.78 is 29.4. The zero-order chi connectivity index (χ0) is 22.6. The maximum Gasteiger partial charge on any atom is 0.342 e. The van der Waals surface area contributed by atoms with Gasteiger partial charge in [-0.3, -0.25) is 9.48 Å². The third kappa shape index (κ3) is 5.56. The molecule has 2 aromatic carbocycles. The Morgan fingerprint density at radius 2 is 1.71 bits per heavy atom. The second kappa shape index (κ2) is 9.11. The zero-order valence-electron chi connectivity index (χ0n) is 17.0. The number of ether oxygens (including phenoxy) is 1. The minimum Gasteiger partial charge on any atom is -0.452 e. The first-order chi connectivity index (χ1) is 14.6. The molecule has 10 heteroatoms. The van der Waals surface area contributed by atoms with E-state index in [0.29, 0.717) is 29.2 Å². The molecule has 3 N–H and O–H groups in total. The van der Waals surface area contributed by atoms with Crippen LogP contribution in [-0.2, 0) is 26.1 Å². The van der Waals surface area contributed by atoms with Gasteiger partial charge in [-0.05, 0) is 43.7 Å². The molecule has 3 rings (SSSR count). The molecule has 0 fully saturated rings. The Hall–Kier alpha value is -3.50. The van der Waals surface area contributed by atoms with Crippen LogP contribution in [0.2, 0.25) is 0 Å². The molecule has 0 aliphatic rings. The van der Waals surface area contributed by atoms with Gasteiger partial charge in [-0.15, -0.1) is 0 Å². The quantitative estimate of drug-likeness (QED) is 0.538. The van der Waals surface area contributed by atoms with Crippen molar-refractivity contribution in [1.29, 1.82) is 0 Å². The Morgan fingerprint density at radius 3 is 2.32 bits per heavy atom. The highest BCUT2D eigenvalue weighted by atomic mass is 32.2. The van der Waals surface area contributed by atoms with Gasteiger partial charge in [-0.25, -0.2) is 18.4 Å². The number of nitrogens with zero attached hydrogens (tertiary/aromatic N) is 2. The van der Waals surface area contributed by atoms with Crippen LogP contribution < -0.4 is 10.5 Å². The maximum absolute atomic E-state index is 12.5. The van der Waals surface area contributed by atoms with Crippen LogP contribution in [0.5, 0.6) is 0 Å². The Morgan fingerprint density at radius 1 is 1.06 bits per heavy atom. The fraction of sp³-hybridized carbons (Fsp3) is 0.190. The lowest BCUT2D eigenvalue weighted by Gasteiger charge is -2.08. The van der Waals surface area contributed by atoms with E-state index in [9.17, 15) is 18.0 Å². The molecule has 31 heavy (non-hydrogen) atoms. The molecule has 0 aliphatic carbocycles. The maximum atomic E-state index is 12.5. The number of aromatic nitrogens is 2. The summed E-state index contributed by atoms with van der Waals surface area (Å²) in [6, 6.07) is 15.0. The Kier molecular flexibility index (Phi) is 6.52. The predicted octanol–water partition coefficient (Wildman–Crippen LogP) is 1.99. The number of anilines is 1. The summed E-state index contributed by atoms with van der Waals surface area (Å²) in [4.78, 5) is 24.5. The number of nitrogens with two attached hydrogens (primary N) is 1. The number of carbonyl (C=O) groups excluding carboxylic acids is 2. The van der Waals surface area contributed by atoms with Crippen LogP contribution in [0.25, 0.3) is 0 Å². The second-order valence-corrected chi connectivity index (χ2v) is 8.44. The van der Waals surface area contributed by atoms with Crippen molar-refractivity contribution < 1.29 is 22.7 Å². The second-order valence-electron chi connectivity index (χ2n) is 6.88. The van der Waals surface area contributed by atoms with Gasteiger partial charge in [0.2, 0.25) is 10.0 Å². The first-order valence-corrected chi connectivity index (χ1v) is 10.9. The van der Waals surface area contributed by atoms with Gasteiger partial charge in [0.15, 0.2) is 6.61 Å². The number of sulfonamides is 1. The van der Waals surface area contributed by atoms with E-state index in [0.717, 1.165) is 5.56 Å². The molecule has 0 spiro atoms. The smallest absolute Gasteiger partial charge is 0.342 e. The van der Waals surface area contributed by atoms with Crippen molar-refractivity contribution in [1.82, 2.24) is 9.78 Å². The van der Waals surface area contributed by atoms with E-state index < -0.39 is 28.5 Å². The van der Waals surface area contributed by atoms with E-state index in [1.807, 2.05) is 30.3 Å². The number of carbonyl (C=O) groups is 2. The summed E-state index contributed by atoms with van der Waals surface area (Å²) in [6.07, 6.45) is 0. The fourth-order valence-electron chi connectivity index (χ4n) is 3.03. The van der Waals surface area contributed by atoms with Crippen LogP contribution >= 0.6 is 0 Å². The third-order valence-electron chi connectivity index (χ3n) is 4.56. The van der Waals surface area contributed by atoms with Gasteiger partial charge in [0.25, 0.3) is 5.91 Å². The number of primary sulfonamides is 1. The molecule has 1 heterocycles. The monoisotopic (exact) mass is 442 g/mol. The standard InChI is InChI=1S/C21H22N4O5S/c1-14-20(15(2)25(24-14)12-16-6-4-3-5-7-16)21(27)30-13-19(26)23-17-8-10-18(11-9-17)31(22,28)29/h3-11H,12-13H2,1-2H3,(H,23,26)(H2,22,28,29). The van der Waals surface area contributed by atoms with Gasteiger partial charge < -0.3 is 10.1 Å². The minimum atomic E-state index is -3.82. The third-order valence-corrected chi connectivity index (χ3v) is 5.49. The number of aryl methyl sites for hydroxylation is 1. The average molecular weight is 442 g/mol. The van der Waals surface area contributed by atoms with Crippen LogP contribution in [0.3, 0.4) is 0 Å². The molecular weight excluding hydrogens is 420 g/mol. The van der Waals surface area contributed by atoms with E-state index in [1.165, 1.54) is 24.3 Å². The van der Waals surface area contributed by atoms with Gasteiger partial charge >= 0.3 is 5.97 Å². The lowest BCUT2D eigenvalue weighted by molar-refractivity contribution is -0.119. The molecule has 0 radical (unpaired) electrons. The molecule has 162 valence electrons. The number of hydrogen-bond acceptors (Lipinski definition) is 6. The molecule has 0 saturated heterocycles. The SMILES string of the molecule is Cc1nn(Cc2ccccc2)c(C)c1C(=O)OCC(=O)Nc1ccc(S(N)(=O)=O)cc1. The van der Waals surface area contributed by atoms with Crippen molar-refractivity contribution in [3.8, 4) is 0 Å². The number of amides is 1. The fourth-order valence-corrected chi connectivity index (χ4v) is 3.55. The highest BCUT2D eigenvalue weighted by Gasteiger charge is 2.21. The number of hydrogen-bond donors (Lipinski definition) is 2. The summed E-state index contributed by atoms with van der Waals surface area (Å²) >= 11 is 0. The number of nitrogens with one attached hydrogen (secondary N) is 1. The topological polar surface area (TPSA) is 133 Å². The number of benzene rings is 2. The average Bonchev–Trinajstić information content (AvgIpc) is 3.00. The Bertz CT molecular complexity index is 1200. The molecule has 0 bridgehead atoms. The number of rotatable bonds is 7. The number of esters is 1. The van der Waals surface area contributed by atoms with E-state index in [-0.39, 0.29) is 4.90 Å². The highest BCUT2D eigenvalue weighted by Crippen LogP contribution is 2.17. The lowest BCUT2D eigenvalue weighted by atomic mass is 10.2. The first kappa shape index (κ1) is 22.2. The van der Waals surface area contributed by atoms with Crippen molar-refractivity contribution in [3.63, 3.8) is 0 Å². The van der Waals surface area contributed by atoms with Crippen LogP contribution in [0.15, 0.2) is 59.5 Å². The highest BCUT2D eigenvalue weighted by molar-refractivity contribution is 7.89. The van der Waals surface area contributed by atoms with Crippen LogP contribution in [-0.4, -0.2) is 36.7 Å². The van der Waals surface area contributed by atoms with E-state index in [4.69, 9.17) is 9.88 Å². The van der Waals surface area contributed by atoms with E-state index in [2.05, 4.69) is 10.4 Å². The molecule has 0 unspecified atom stereocenters. The summed E-state index contributed by atoms with van der Waals surface area (Å²) in [6.45, 7) is 3.49. The summed E-state index contributed by atoms with van der Waals surface area (Å²) in [5.74, 6) is -1.21. The Labute approximate surface area is 179 Å². The zero-order valence-corrected chi connectivity index (χ0v) is 17.8. The van der Waals surface area contributed by atoms with E-state index >= 15 is 0 Å². The van der Waals surface area contributed by atoms with Gasteiger partial charge in [-0.1, -0.05) is 30.3 Å². The minimum absolute atomic E-state index is 0.0737. The molecule has 1 amide bonds. The van der Waals surface area contributed by atoms with Crippen molar-refractivity contribution in [2.75, 3.05) is 11.9 Å². The summed E-state index contributed by atoms with van der Waals surface area (Å²) in [5, 5.41) is 12.0. The van der Waals surface area contributed by atoms with Crippen molar-refractivity contribution in [2.45, 2.75) is 25.3 Å². The van der Waals surface area contributed by atoms with E-state index in [1.54, 1.807) is 18.5 Å². The van der Waals surface area contributed by atoms with Gasteiger partial charge in [-0.2, -0.15) is 5.10 Å². The molecule has 3 aromatic rings. The van der Waals surface area contributed by atoms with Crippen LogP contribution in [0.1, 0.15) is 27.3 Å². The molecule has 1 aromatic heterocycles. The van der Waals surface area contributed by atoms with Crippen LogP contribution in [0, 0.1) is 13.8 Å². The van der Waals surface area contributed by atoms with Gasteiger partial charge in [0, 0.05) is 5.69 Å². The molecular formula is C21H22N4O5S. The summed E-state index contributed by atoms with van der Waals surface area (Å²) in [5.41, 5.74) is 2.86. The molecule has 0 atom stereocenters. The largest absolute Gasteiger partial charge is 0.452 e. The summed E-state index contributed by atoms with van der Waals surface area (Å²) in [7, 11) is -3.82. The van der Waals surface area contributed by atoms with Gasteiger partial charge in [0.05, 0.1) is 22.8 Å². The van der Waals surface area contributed by atoms with Crippen molar-refractivity contribution >= 4 is 27.6 Å². The molecule has 0 aliphatic heterocycles.